The van der Waals surface area contributed by atoms with E-state index in [2.05, 4.69) is 4.74 Å². The van der Waals surface area contributed by atoms with Crippen molar-refractivity contribution in [2.24, 2.45) is 5.73 Å². The van der Waals surface area contributed by atoms with Gasteiger partial charge in [0.1, 0.15) is 13.2 Å². The Labute approximate surface area is 102 Å². The van der Waals surface area contributed by atoms with Crippen molar-refractivity contribution in [3.63, 3.8) is 0 Å². The van der Waals surface area contributed by atoms with E-state index < -0.39 is 19.2 Å². The van der Waals surface area contributed by atoms with Gasteiger partial charge in [0.25, 0.3) is 0 Å². The van der Waals surface area contributed by atoms with Crippen LogP contribution >= 0.6 is 7.14 Å². The fraction of sp³-hybridized carbons (Fsp3) is 0.417. The monoisotopic (exact) mass is 255 g/mol. The normalized spacial score (nSPS) is 13.2. The van der Waals surface area contributed by atoms with Crippen LogP contribution in [0.15, 0.2) is 24.3 Å². The smallest absolute Gasteiger partial charge is 0.322 e. The van der Waals surface area contributed by atoms with Crippen LogP contribution in [0.2, 0.25) is 0 Å². The Morgan fingerprint density at radius 1 is 1.35 bits per heavy atom. The summed E-state index contributed by atoms with van der Waals surface area (Å²) in [6.07, 6.45) is 0.421. The Hall–Kier alpha value is -1.12. The summed E-state index contributed by atoms with van der Waals surface area (Å²) in [5.74, 6) is -0.425. The number of esters is 1. The third-order valence-corrected chi connectivity index (χ3v) is 4.06. The molecule has 0 saturated heterocycles. The van der Waals surface area contributed by atoms with E-state index in [0.717, 1.165) is 10.9 Å². The van der Waals surface area contributed by atoms with Gasteiger partial charge in [-0.05, 0) is 25.3 Å². The first-order chi connectivity index (χ1) is 7.84. The molecule has 0 aliphatic carbocycles. The summed E-state index contributed by atoms with van der Waals surface area (Å²) in [6, 6.07) is 6.68. The van der Waals surface area contributed by atoms with Crippen LogP contribution in [0.3, 0.4) is 0 Å². The highest BCUT2D eigenvalue weighted by Crippen LogP contribution is 2.34. The number of methoxy groups -OCH3 is 1. The van der Waals surface area contributed by atoms with Gasteiger partial charge in [-0.25, -0.2) is 0 Å². The van der Waals surface area contributed by atoms with Crippen LogP contribution in [0.5, 0.6) is 0 Å². The zero-order valence-corrected chi connectivity index (χ0v) is 11.2. The molecule has 0 radical (unpaired) electrons. The molecule has 1 unspecified atom stereocenters. The molecule has 4 nitrogen and oxygen atoms in total. The van der Waals surface area contributed by atoms with Gasteiger partial charge in [0.15, 0.2) is 0 Å². The van der Waals surface area contributed by atoms with E-state index in [1.54, 1.807) is 13.3 Å². The summed E-state index contributed by atoms with van der Waals surface area (Å²) in [5.41, 5.74) is 6.58. The molecule has 1 atom stereocenters. The molecule has 1 rings (SSSR count). The average molecular weight is 255 g/mol. The molecule has 1 aromatic carbocycles. The van der Waals surface area contributed by atoms with Crippen molar-refractivity contribution in [1.82, 2.24) is 0 Å². The van der Waals surface area contributed by atoms with Crippen LogP contribution in [0.25, 0.3) is 0 Å². The van der Waals surface area contributed by atoms with Gasteiger partial charge in [-0.2, -0.15) is 0 Å². The van der Waals surface area contributed by atoms with E-state index in [1.165, 1.54) is 7.11 Å². The molecule has 0 saturated carbocycles. The van der Waals surface area contributed by atoms with Gasteiger partial charge >= 0.3 is 5.97 Å². The van der Waals surface area contributed by atoms with Gasteiger partial charge in [0.2, 0.25) is 0 Å². The molecule has 0 spiro atoms. The number of rotatable bonds is 4. The zero-order valence-electron chi connectivity index (χ0n) is 10.3. The van der Waals surface area contributed by atoms with Gasteiger partial charge in [-0.15, -0.1) is 0 Å². The van der Waals surface area contributed by atoms with Crippen molar-refractivity contribution in [2.45, 2.75) is 12.5 Å². The number of hydrogen-bond acceptors (Lipinski definition) is 4. The van der Waals surface area contributed by atoms with Gasteiger partial charge in [0, 0.05) is 5.30 Å². The predicted octanol–water partition coefficient (Wildman–Crippen LogP) is 0.977. The van der Waals surface area contributed by atoms with Gasteiger partial charge in [0.05, 0.1) is 7.11 Å². The highest BCUT2D eigenvalue weighted by Gasteiger charge is 2.15. The minimum Gasteiger partial charge on any atom is -0.468 e. The Morgan fingerprint density at radius 3 is 2.29 bits per heavy atom. The summed E-state index contributed by atoms with van der Waals surface area (Å²) in [4.78, 5) is 11.2. The number of carbonyl (C=O) groups is 1. The molecule has 0 fully saturated rings. The van der Waals surface area contributed by atoms with Gasteiger partial charge < -0.3 is 15.0 Å². The maximum absolute atomic E-state index is 11.8. The Balaban J connectivity index is 2.76. The van der Waals surface area contributed by atoms with Gasteiger partial charge in [-0.1, -0.05) is 24.3 Å². The second kappa shape index (κ2) is 5.48. The molecule has 0 amide bonds. The van der Waals surface area contributed by atoms with Crippen molar-refractivity contribution < 1.29 is 14.1 Å². The molecule has 0 heterocycles. The second-order valence-electron chi connectivity index (χ2n) is 4.35. The third kappa shape index (κ3) is 3.99. The highest BCUT2D eigenvalue weighted by atomic mass is 31.2. The van der Waals surface area contributed by atoms with Crippen molar-refractivity contribution in [2.75, 3.05) is 20.4 Å². The third-order valence-electron chi connectivity index (χ3n) is 2.52. The Morgan fingerprint density at radius 2 is 1.88 bits per heavy atom. The summed E-state index contributed by atoms with van der Waals surface area (Å²) < 4.78 is 16.4. The largest absolute Gasteiger partial charge is 0.468 e. The first-order valence-corrected chi connectivity index (χ1v) is 7.92. The lowest BCUT2D eigenvalue weighted by Gasteiger charge is -2.11. The molecule has 1 aromatic rings. The molecule has 0 aliphatic heterocycles. The lowest BCUT2D eigenvalue weighted by molar-refractivity contribution is -0.142. The average Bonchev–Trinajstić information content (AvgIpc) is 2.27. The molecule has 0 aliphatic rings. The summed E-state index contributed by atoms with van der Waals surface area (Å²) in [6.45, 7) is 3.45. The molecular weight excluding hydrogens is 237 g/mol. The van der Waals surface area contributed by atoms with E-state index in [4.69, 9.17) is 5.73 Å². The molecule has 94 valence electrons. The fourth-order valence-electron chi connectivity index (χ4n) is 1.48. The van der Waals surface area contributed by atoms with Crippen LogP contribution in [0.1, 0.15) is 5.56 Å². The number of ether oxygens (including phenoxy) is 1. The minimum absolute atomic E-state index is 0.421. The Kier molecular flexibility index (Phi) is 4.49. The summed E-state index contributed by atoms with van der Waals surface area (Å²) >= 11 is 0. The van der Waals surface area contributed by atoms with Crippen LogP contribution in [0, 0.1) is 0 Å². The van der Waals surface area contributed by atoms with Crippen molar-refractivity contribution in [3.05, 3.63) is 29.8 Å². The van der Waals surface area contributed by atoms with Crippen LogP contribution in [-0.4, -0.2) is 32.5 Å². The summed E-state index contributed by atoms with van der Waals surface area (Å²) in [5, 5.41) is 0.827. The first-order valence-electron chi connectivity index (χ1n) is 5.32. The molecule has 0 bridgehead atoms. The van der Waals surface area contributed by atoms with Crippen molar-refractivity contribution in [1.29, 1.82) is 0 Å². The highest BCUT2D eigenvalue weighted by molar-refractivity contribution is 7.70. The lowest BCUT2D eigenvalue weighted by atomic mass is 10.1. The van der Waals surface area contributed by atoms with Crippen molar-refractivity contribution in [3.8, 4) is 0 Å². The first kappa shape index (κ1) is 13.9. The molecule has 5 heteroatoms. The number of benzene rings is 1. The van der Waals surface area contributed by atoms with E-state index in [-0.39, 0.29) is 0 Å². The van der Waals surface area contributed by atoms with Crippen molar-refractivity contribution >= 4 is 18.4 Å². The van der Waals surface area contributed by atoms with Crippen LogP contribution in [-0.2, 0) is 20.5 Å². The number of hydrogen-bond donors (Lipinski definition) is 1. The predicted molar refractivity (Wildman–Crippen MR) is 69.2 cm³/mol. The fourth-order valence-corrected chi connectivity index (χ4v) is 2.35. The number of nitrogens with two attached hydrogens (primary N) is 1. The zero-order chi connectivity index (χ0) is 13.1. The second-order valence-corrected chi connectivity index (χ2v) is 7.57. The van der Waals surface area contributed by atoms with Gasteiger partial charge in [-0.3, -0.25) is 4.79 Å². The maximum Gasteiger partial charge on any atom is 0.322 e. The van der Waals surface area contributed by atoms with E-state index in [0.29, 0.717) is 6.42 Å². The lowest BCUT2D eigenvalue weighted by Crippen LogP contribution is -2.33. The van der Waals surface area contributed by atoms with E-state index >= 15 is 0 Å². The maximum atomic E-state index is 11.8. The summed E-state index contributed by atoms with van der Waals surface area (Å²) in [7, 11) is -0.905. The number of carbonyl (C=O) groups excluding carboxylic acids is 1. The van der Waals surface area contributed by atoms with E-state index in [1.807, 2.05) is 24.3 Å². The van der Waals surface area contributed by atoms with E-state index in [9.17, 15) is 9.36 Å². The standard InChI is InChI=1S/C12H18NO3P/c1-16-12(14)11(13)8-9-4-6-10(7-5-9)17(2,3)15/h4-7,11H,8,13H2,1-3H3. The molecular formula is C12H18NO3P. The minimum atomic E-state index is -2.22. The molecule has 2 N–H and O–H groups in total. The quantitative estimate of drug-likeness (QED) is 0.643. The molecule has 0 aromatic heterocycles. The molecule has 17 heavy (non-hydrogen) atoms. The van der Waals surface area contributed by atoms with Crippen LogP contribution in [0.4, 0.5) is 0 Å². The SMILES string of the molecule is COC(=O)C(N)Cc1ccc(P(C)(C)=O)cc1. The van der Waals surface area contributed by atoms with Crippen LogP contribution < -0.4 is 11.0 Å². The Bertz CT molecular complexity index is 436. The topological polar surface area (TPSA) is 69.4 Å².